The second-order valence-corrected chi connectivity index (χ2v) is 7.16. The molecule has 0 radical (unpaired) electrons. The lowest BCUT2D eigenvalue weighted by Crippen LogP contribution is -2.14. The Morgan fingerprint density at radius 1 is 1.31 bits per heavy atom. The molecule has 6 heteroatoms. The highest BCUT2D eigenvalue weighted by atomic mass is 32.1. The third-order valence-electron chi connectivity index (χ3n) is 3.92. The first-order valence-electron chi connectivity index (χ1n) is 14.0. The molecular weight excluding hydrogens is 382 g/mol. The standard InChI is InChI=1S/C23H27N3O2S/c1-16-5-4-7-18(13-16)21(27)8-3-2-6-17-9-11-19(12-10-17)25-22(28)14-20-15-29-23(24)26-20/h4-5,7,9-13,15,21,27H,2-3,6,8,14H2,1H3,(H2,24,26)(H,25,28)/t21-/m0/s1/i4D,5D,7D,9D,10D,11D,12D,13D,15D,21D. The molecule has 5 nitrogen and oxygen atoms in total. The van der Waals surface area contributed by atoms with Crippen LogP contribution in [0.25, 0.3) is 0 Å². The van der Waals surface area contributed by atoms with Gasteiger partial charge in [0.25, 0.3) is 0 Å². The number of anilines is 2. The van der Waals surface area contributed by atoms with Gasteiger partial charge in [-0.15, -0.1) is 11.3 Å². The summed E-state index contributed by atoms with van der Waals surface area (Å²) in [6, 6.07) is -3.28. The van der Waals surface area contributed by atoms with Crippen LogP contribution in [0.4, 0.5) is 10.8 Å². The number of nitrogens with zero attached hydrogens (tertiary/aromatic N) is 1. The van der Waals surface area contributed by atoms with Crippen molar-refractivity contribution in [3.05, 3.63) is 76.1 Å². The van der Waals surface area contributed by atoms with E-state index in [4.69, 9.17) is 19.4 Å². The number of rotatable bonds is 9. The molecule has 0 unspecified atom stereocenters. The van der Waals surface area contributed by atoms with Gasteiger partial charge in [0.1, 0.15) is 0 Å². The van der Waals surface area contributed by atoms with Gasteiger partial charge in [-0.05, 0) is 49.4 Å². The van der Waals surface area contributed by atoms with Crippen molar-refractivity contribution in [3.8, 4) is 0 Å². The van der Waals surface area contributed by atoms with Gasteiger partial charge in [-0.1, -0.05) is 48.2 Å². The number of nitrogens with two attached hydrogens (primary N) is 1. The quantitative estimate of drug-likeness (QED) is 0.440. The Bertz CT molecular complexity index is 1390. The van der Waals surface area contributed by atoms with Crippen molar-refractivity contribution < 1.29 is 23.6 Å². The number of aromatic nitrogens is 1. The van der Waals surface area contributed by atoms with Gasteiger partial charge in [0.2, 0.25) is 5.91 Å². The van der Waals surface area contributed by atoms with Crippen LogP contribution in [0.5, 0.6) is 0 Å². The fourth-order valence-corrected chi connectivity index (χ4v) is 3.02. The minimum Gasteiger partial charge on any atom is -0.388 e. The van der Waals surface area contributed by atoms with Crippen LogP contribution in [-0.2, 0) is 17.6 Å². The molecular formula is C23H27N3O2S. The molecule has 0 saturated heterocycles. The van der Waals surface area contributed by atoms with Gasteiger partial charge in [0.15, 0.2) is 5.13 Å². The Labute approximate surface area is 189 Å². The number of hydrogen-bond acceptors (Lipinski definition) is 5. The summed E-state index contributed by atoms with van der Waals surface area (Å²) in [5, 5.41) is 13.2. The Morgan fingerprint density at radius 2 is 2.10 bits per heavy atom. The monoisotopic (exact) mass is 419 g/mol. The molecule has 2 aromatic carbocycles. The lowest BCUT2D eigenvalue weighted by Gasteiger charge is -2.11. The summed E-state index contributed by atoms with van der Waals surface area (Å²) in [6.45, 7) is 1.41. The number of carbonyl (C=O) groups is 1. The van der Waals surface area contributed by atoms with Gasteiger partial charge in [-0.2, -0.15) is 0 Å². The maximum atomic E-state index is 12.4. The van der Waals surface area contributed by atoms with Gasteiger partial charge < -0.3 is 16.2 Å². The van der Waals surface area contributed by atoms with E-state index in [9.17, 15) is 9.90 Å². The average Bonchev–Trinajstić information content (AvgIpc) is 3.18. The van der Waals surface area contributed by atoms with E-state index in [1.54, 1.807) is 0 Å². The summed E-state index contributed by atoms with van der Waals surface area (Å²) in [6.07, 6.45) is -2.45. The van der Waals surface area contributed by atoms with Crippen molar-refractivity contribution >= 4 is 28.1 Å². The molecule has 3 rings (SSSR count). The molecule has 0 spiro atoms. The topological polar surface area (TPSA) is 88.2 Å². The fourth-order valence-electron chi connectivity index (χ4n) is 2.53. The number of amides is 1. The van der Waals surface area contributed by atoms with Crippen molar-refractivity contribution in [1.82, 2.24) is 4.98 Å². The molecule has 4 N–H and O–H groups in total. The number of aliphatic hydroxyl groups is 1. The molecule has 1 amide bonds. The molecule has 1 atom stereocenters. The first-order valence-corrected chi connectivity index (χ1v) is 9.80. The van der Waals surface area contributed by atoms with E-state index < -0.39 is 36.2 Å². The number of nitrogens with one attached hydrogen (secondary N) is 1. The number of unbranched alkanes of at least 4 members (excludes halogenated alkanes) is 1. The van der Waals surface area contributed by atoms with Crippen molar-refractivity contribution in [2.75, 3.05) is 11.1 Å². The van der Waals surface area contributed by atoms with Gasteiger partial charge >= 0.3 is 0 Å². The van der Waals surface area contributed by atoms with Crippen LogP contribution >= 0.6 is 11.3 Å². The lowest BCUT2D eigenvalue weighted by atomic mass is 10.00. The van der Waals surface area contributed by atoms with Crippen LogP contribution in [0, 0.1) is 6.92 Å². The fraction of sp³-hybridized carbons (Fsp3) is 0.304. The number of thiazole rings is 1. The lowest BCUT2D eigenvalue weighted by molar-refractivity contribution is -0.115. The average molecular weight is 420 g/mol. The van der Waals surface area contributed by atoms with Crippen molar-refractivity contribution in [1.29, 1.82) is 0 Å². The van der Waals surface area contributed by atoms with Crippen LogP contribution in [0.1, 0.15) is 61.4 Å². The van der Waals surface area contributed by atoms with E-state index in [1.807, 2.05) is 0 Å². The number of carbonyl (C=O) groups excluding carboxylic acids is 1. The Hall–Kier alpha value is -2.70. The van der Waals surface area contributed by atoms with E-state index in [2.05, 4.69) is 10.3 Å². The predicted octanol–water partition coefficient (Wildman–Crippen LogP) is 4.66. The largest absolute Gasteiger partial charge is 0.388 e. The number of benzene rings is 2. The highest BCUT2D eigenvalue weighted by Crippen LogP contribution is 2.21. The molecule has 0 aliphatic carbocycles. The Kier molecular flexibility index (Phi) is 4.03. The van der Waals surface area contributed by atoms with Gasteiger partial charge in [-0.25, -0.2) is 4.98 Å². The molecule has 1 aromatic heterocycles. The van der Waals surface area contributed by atoms with Crippen LogP contribution in [-0.4, -0.2) is 16.0 Å². The third kappa shape index (κ3) is 6.69. The zero-order valence-electron chi connectivity index (χ0n) is 25.8. The summed E-state index contributed by atoms with van der Waals surface area (Å²) >= 11 is 0.901. The predicted molar refractivity (Wildman–Crippen MR) is 119 cm³/mol. The van der Waals surface area contributed by atoms with Crippen LogP contribution in [0.2, 0.25) is 0 Å². The third-order valence-corrected chi connectivity index (χ3v) is 4.55. The zero-order valence-corrected chi connectivity index (χ0v) is 16.6. The molecule has 0 aliphatic heterocycles. The first-order chi connectivity index (χ1) is 18.1. The maximum Gasteiger partial charge on any atom is 0.230 e. The first kappa shape index (κ1) is 11.5. The molecule has 0 aliphatic rings. The highest BCUT2D eigenvalue weighted by molar-refractivity contribution is 7.13. The molecule has 0 bridgehead atoms. The van der Waals surface area contributed by atoms with E-state index in [0.717, 1.165) is 11.3 Å². The molecule has 3 aromatic rings. The smallest absolute Gasteiger partial charge is 0.230 e. The van der Waals surface area contributed by atoms with E-state index >= 15 is 0 Å². The SMILES string of the molecule is [2H]c1sc(N)nc1CC(=O)Nc1c([2H])c([2H])c(CCCC[C@]([2H])(O)c2c([2H])c([2H])c([2H])c(C)c2[2H])c([2H])c1[2H]. The van der Waals surface area contributed by atoms with Crippen molar-refractivity contribution in [2.45, 2.75) is 45.1 Å². The second kappa shape index (κ2) is 10.2. The molecule has 0 fully saturated rings. The van der Waals surface area contributed by atoms with Gasteiger partial charge in [0, 0.05) is 11.0 Å². The molecule has 152 valence electrons. The van der Waals surface area contributed by atoms with Crippen molar-refractivity contribution in [3.63, 3.8) is 0 Å². The molecule has 29 heavy (non-hydrogen) atoms. The number of nitrogen functional groups attached to an aromatic ring is 1. The van der Waals surface area contributed by atoms with Gasteiger partial charge in [0.05, 0.1) is 31.9 Å². The second-order valence-electron chi connectivity index (χ2n) is 6.33. The van der Waals surface area contributed by atoms with Crippen LogP contribution in [0.3, 0.4) is 0 Å². The summed E-state index contributed by atoms with van der Waals surface area (Å²) in [4.78, 5) is 16.3. The van der Waals surface area contributed by atoms with E-state index in [1.165, 1.54) is 6.92 Å². The molecule has 1 heterocycles. The molecule has 0 saturated carbocycles. The zero-order chi connectivity index (χ0) is 29.4. The minimum absolute atomic E-state index is 0.0127. The summed E-state index contributed by atoms with van der Waals surface area (Å²) in [5.74, 6) is -0.677. The van der Waals surface area contributed by atoms with E-state index in [0.29, 0.717) is 0 Å². The number of hydrogen-bond donors (Lipinski definition) is 3. The van der Waals surface area contributed by atoms with Crippen molar-refractivity contribution in [2.24, 2.45) is 0 Å². The highest BCUT2D eigenvalue weighted by Gasteiger charge is 2.08. The Balaban J connectivity index is 1.72. The van der Waals surface area contributed by atoms with Gasteiger partial charge in [-0.3, -0.25) is 4.79 Å². The summed E-state index contributed by atoms with van der Waals surface area (Å²) in [7, 11) is 0. The maximum absolute atomic E-state index is 12.4. The summed E-state index contributed by atoms with van der Waals surface area (Å²) in [5.41, 5.74) is 5.18. The summed E-state index contributed by atoms with van der Waals surface area (Å²) < 4.78 is 81.1. The Morgan fingerprint density at radius 3 is 2.83 bits per heavy atom. The van der Waals surface area contributed by atoms with Crippen LogP contribution < -0.4 is 11.1 Å². The normalized spacial score (nSPS) is 17.9. The van der Waals surface area contributed by atoms with Crippen LogP contribution in [0.15, 0.2) is 53.7 Å². The minimum atomic E-state index is -2.37. The van der Waals surface area contributed by atoms with E-state index in [-0.39, 0.29) is 94.8 Å².